The third-order valence-electron chi connectivity index (χ3n) is 3.58. The molecule has 1 aliphatic rings. The van der Waals surface area contributed by atoms with Gasteiger partial charge in [-0.2, -0.15) is 0 Å². The number of aryl methyl sites for hydroxylation is 1. The van der Waals surface area contributed by atoms with Crippen LogP contribution in [0.15, 0.2) is 45.4 Å². The monoisotopic (exact) mass is 341 g/mol. The summed E-state index contributed by atoms with van der Waals surface area (Å²) < 4.78 is 20.6. The third-order valence-corrected chi connectivity index (χ3v) is 3.58. The van der Waals surface area contributed by atoms with Gasteiger partial charge >= 0.3 is 11.9 Å². The van der Waals surface area contributed by atoms with E-state index in [1.807, 2.05) is 0 Å². The average Bonchev–Trinajstić information content (AvgIpc) is 3.17. The maximum absolute atomic E-state index is 12.1. The van der Waals surface area contributed by atoms with Crippen molar-refractivity contribution in [1.29, 1.82) is 0 Å². The highest BCUT2D eigenvalue weighted by atomic mass is 16.6. The largest absolute Gasteiger partial charge is 0.496 e. The van der Waals surface area contributed by atoms with Gasteiger partial charge in [-0.25, -0.2) is 14.6 Å². The predicted molar refractivity (Wildman–Crippen MR) is 88.4 cm³/mol. The van der Waals surface area contributed by atoms with E-state index in [0.29, 0.717) is 22.8 Å². The minimum atomic E-state index is -0.616. The Hall–Kier alpha value is -3.35. The van der Waals surface area contributed by atoms with Gasteiger partial charge in [-0.05, 0) is 25.1 Å². The van der Waals surface area contributed by atoms with Crippen LogP contribution in [-0.2, 0) is 14.3 Å². The van der Waals surface area contributed by atoms with Crippen molar-refractivity contribution in [1.82, 2.24) is 0 Å². The van der Waals surface area contributed by atoms with Crippen LogP contribution in [0, 0.1) is 6.92 Å². The molecule has 1 aromatic heterocycles. The predicted octanol–water partition coefficient (Wildman–Crippen LogP) is 2.73. The number of ether oxygens (including phenoxy) is 3. The zero-order chi connectivity index (χ0) is 18.0. The van der Waals surface area contributed by atoms with E-state index < -0.39 is 11.9 Å². The second-order valence-corrected chi connectivity index (χ2v) is 5.15. The molecule has 0 radical (unpaired) electrons. The number of para-hydroxylation sites is 1. The van der Waals surface area contributed by atoms with Crippen LogP contribution >= 0.6 is 0 Å². The highest BCUT2D eigenvalue weighted by Gasteiger charge is 2.27. The number of methoxy groups -OCH3 is 2. The summed E-state index contributed by atoms with van der Waals surface area (Å²) in [7, 11) is 2.80. The van der Waals surface area contributed by atoms with Crippen molar-refractivity contribution in [2.75, 3.05) is 14.2 Å². The minimum Gasteiger partial charge on any atom is -0.496 e. The molecule has 3 rings (SSSR count). The summed E-state index contributed by atoms with van der Waals surface area (Å²) in [6, 6.07) is 8.55. The molecule has 7 heteroatoms. The number of furan rings is 1. The molecule has 1 aliphatic heterocycles. The lowest BCUT2D eigenvalue weighted by Crippen LogP contribution is -2.06. The molecule has 1 aromatic carbocycles. The van der Waals surface area contributed by atoms with Crippen molar-refractivity contribution in [2.45, 2.75) is 6.92 Å². The Morgan fingerprint density at radius 2 is 2.00 bits per heavy atom. The second kappa shape index (κ2) is 6.64. The molecule has 0 atom stereocenters. The SMILES string of the molecule is COC(=O)c1cc(/C=C2/N=C(c3ccccc3OC)OC2=O)oc1C. The molecular formula is C18H15NO6. The van der Waals surface area contributed by atoms with Gasteiger partial charge in [0, 0.05) is 6.08 Å². The van der Waals surface area contributed by atoms with E-state index in [4.69, 9.17) is 13.9 Å². The summed E-state index contributed by atoms with van der Waals surface area (Å²) in [5, 5.41) is 0. The zero-order valence-electron chi connectivity index (χ0n) is 13.9. The molecule has 0 N–H and O–H groups in total. The van der Waals surface area contributed by atoms with Crippen molar-refractivity contribution < 1.29 is 28.2 Å². The van der Waals surface area contributed by atoms with E-state index in [9.17, 15) is 9.59 Å². The first-order valence-corrected chi connectivity index (χ1v) is 7.38. The van der Waals surface area contributed by atoms with Gasteiger partial charge in [-0.1, -0.05) is 12.1 Å². The Balaban J connectivity index is 1.95. The van der Waals surface area contributed by atoms with Gasteiger partial charge in [-0.15, -0.1) is 0 Å². The number of carbonyl (C=O) groups excluding carboxylic acids is 2. The molecule has 0 amide bonds. The number of carbonyl (C=O) groups is 2. The number of aliphatic imine (C=N–C) groups is 1. The standard InChI is InChI=1S/C18H15NO6/c1-10-13(17(20)23-3)8-11(24-10)9-14-18(21)25-16(19-14)12-6-4-5-7-15(12)22-2/h4-9H,1-3H3/b14-9+. The van der Waals surface area contributed by atoms with Gasteiger partial charge in [-0.3, -0.25) is 0 Å². The first-order valence-electron chi connectivity index (χ1n) is 7.38. The Kier molecular flexibility index (Phi) is 4.38. The van der Waals surface area contributed by atoms with Crippen LogP contribution in [0.25, 0.3) is 6.08 Å². The third kappa shape index (κ3) is 3.16. The topological polar surface area (TPSA) is 87.3 Å². The summed E-state index contributed by atoms with van der Waals surface area (Å²) in [5.41, 5.74) is 0.911. The van der Waals surface area contributed by atoms with Crippen LogP contribution in [0.3, 0.4) is 0 Å². The van der Waals surface area contributed by atoms with Gasteiger partial charge in [0.25, 0.3) is 0 Å². The minimum absolute atomic E-state index is 0.0612. The Bertz CT molecular complexity index is 906. The average molecular weight is 341 g/mol. The van der Waals surface area contributed by atoms with E-state index in [-0.39, 0.29) is 17.2 Å². The molecule has 128 valence electrons. The first kappa shape index (κ1) is 16.5. The molecule has 0 unspecified atom stereocenters. The first-order chi connectivity index (χ1) is 12.0. The fourth-order valence-corrected chi connectivity index (χ4v) is 2.37. The second-order valence-electron chi connectivity index (χ2n) is 5.15. The van der Waals surface area contributed by atoms with Crippen molar-refractivity contribution in [3.8, 4) is 5.75 Å². The fraction of sp³-hybridized carbons (Fsp3) is 0.167. The fourth-order valence-electron chi connectivity index (χ4n) is 2.37. The van der Waals surface area contributed by atoms with E-state index in [1.165, 1.54) is 26.4 Å². The van der Waals surface area contributed by atoms with E-state index >= 15 is 0 Å². The van der Waals surface area contributed by atoms with Gasteiger partial charge in [0.15, 0.2) is 5.70 Å². The van der Waals surface area contributed by atoms with Gasteiger partial charge in [0.2, 0.25) is 5.90 Å². The lowest BCUT2D eigenvalue weighted by molar-refractivity contribution is -0.129. The van der Waals surface area contributed by atoms with Crippen molar-refractivity contribution in [3.63, 3.8) is 0 Å². The van der Waals surface area contributed by atoms with Crippen LogP contribution in [0.5, 0.6) is 5.75 Å². The van der Waals surface area contributed by atoms with Gasteiger partial charge in [0.05, 0.1) is 19.8 Å². The zero-order valence-corrected chi connectivity index (χ0v) is 13.9. The number of hydrogen-bond donors (Lipinski definition) is 0. The molecule has 0 fully saturated rings. The molecule has 7 nitrogen and oxygen atoms in total. The molecule has 0 bridgehead atoms. The number of benzene rings is 1. The molecule has 0 saturated carbocycles. The van der Waals surface area contributed by atoms with Crippen molar-refractivity contribution in [3.05, 3.63) is 58.7 Å². The summed E-state index contributed by atoms with van der Waals surface area (Å²) in [6.45, 7) is 1.63. The lowest BCUT2D eigenvalue weighted by atomic mass is 10.2. The highest BCUT2D eigenvalue weighted by Crippen LogP contribution is 2.26. The lowest BCUT2D eigenvalue weighted by Gasteiger charge is -2.05. The Morgan fingerprint density at radius 1 is 1.24 bits per heavy atom. The quantitative estimate of drug-likeness (QED) is 0.628. The molecule has 2 heterocycles. The summed E-state index contributed by atoms with van der Waals surface area (Å²) in [4.78, 5) is 27.9. The van der Waals surface area contributed by atoms with Crippen molar-refractivity contribution in [2.24, 2.45) is 4.99 Å². The van der Waals surface area contributed by atoms with Gasteiger partial charge in [0.1, 0.15) is 22.8 Å². The van der Waals surface area contributed by atoms with E-state index in [2.05, 4.69) is 9.73 Å². The number of hydrogen-bond acceptors (Lipinski definition) is 7. The van der Waals surface area contributed by atoms with Crippen LogP contribution in [-0.4, -0.2) is 32.1 Å². The number of cyclic esters (lactones) is 1. The summed E-state index contributed by atoms with van der Waals surface area (Å²) >= 11 is 0. The van der Waals surface area contributed by atoms with Crippen LogP contribution < -0.4 is 4.74 Å². The Morgan fingerprint density at radius 3 is 2.72 bits per heavy atom. The van der Waals surface area contributed by atoms with Crippen molar-refractivity contribution >= 4 is 23.9 Å². The molecule has 2 aromatic rings. The van der Waals surface area contributed by atoms with Crippen LogP contribution in [0.2, 0.25) is 0 Å². The summed E-state index contributed by atoms with van der Waals surface area (Å²) in [6.07, 6.45) is 1.41. The molecular weight excluding hydrogens is 326 g/mol. The number of rotatable bonds is 4. The normalized spacial score (nSPS) is 15.1. The number of nitrogens with zero attached hydrogens (tertiary/aromatic N) is 1. The van der Waals surface area contributed by atoms with Crippen LogP contribution in [0.4, 0.5) is 0 Å². The Labute approximate surface area is 143 Å². The maximum Gasteiger partial charge on any atom is 0.363 e. The smallest absolute Gasteiger partial charge is 0.363 e. The molecule has 0 aliphatic carbocycles. The van der Waals surface area contributed by atoms with Crippen LogP contribution in [0.1, 0.15) is 27.4 Å². The van der Waals surface area contributed by atoms with Gasteiger partial charge < -0.3 is 18.6 Å². The molecule has 25 heavy (non-hydrogen) atoms. The maximum atomic E-state index is 12.1. The molecule has 0 spiro atoms. The van der Waals surface area contributed by atoms with E-state index in [0.717, 1.165) is 0 Å². The summed E-state index contributed by atoms with van der Waals surface area (Å²) in [5.74, 6) is 0.240. The van der Waals surface area contributed by atoms with E-state index in [1.54, 1.807) is 31.2 Å². The highest BCUT2D eigenvalue weighted by molar-refractivity contribution is 6.13. The molecule has 0 saturated heterocycles. The number of esters is 2.